The minimum atomic E-state index is -0.728. The third-order valence-electron chi connectivity index (χ3n) is 2.76. The lowest BCUT2D eigenvalue weighted by Gasteiger charge is -2.27. The van der Waals surface area contributed by atoms with Gasteiger partial charge in [0.2, 0.25) is 0 Å². The van der Waals surface area contributed by atoms with Crippen LogP contribution in [-0.2, 0) is 15.0 Å². The van der Waals surface area contributed by atoms with E-state index in [1.165, 1.54) is 0 Å². The molecule has 0 spiro atoms. The average Bonchev–Trinajstić information content (AvgIpc) is 2.39. The largest absolute Gasteiger partial charge is 0.394 e. The molecule has 4 heteroatoms. The summed E-state index contributed by atoms with van der Waals surface area (Å²) in [5, 5.41) is 9.44. The maximum absolute atomic E-state index is 9.44. The highest BCUT2D eigenvalue weighted by Gasteiger charge is 2.25. The van der Waals surface area contributed by atoms with Crippen molar-refractivity contribution in [1.82, 2.24) is 0 Å². The molecule has 4 nitrogen and oxygen atoms in total. The molecule has 0 saturated heterocycles. The van der Waals surface area contributed by atoms with Crippen LogP contribution in [0.4, 0.5) is 0 Å². The van der Waals surface area contributed by atoms with Crippen molar-refractivity contribution >= 4 is 0 Å². The Balaban J connectivity index is 2.46. The first-order valence-electron chi connectivity index (χ1n) is 5.75. The van der Waals surface area contributed by atoms with Crippen molar-refractivity contribution in [2.45, 2.75) is 12.0 Å². The van der Waals surface area contributed by atoms with E-state index >= 15 is 0 Å². The van der Waals surface area contributed by atoms with Crippen LogP contribution in [0.2, 0.25) is 0 Å². The lowest BCUT2D eigenvalue weighted by Crippen LogP contribution is -2.41. The third-order valence-corrected chi connectivity index (χ3v) is 2.76. The molecule has 0 bridgehead atoms. The van der Waals surface area contributed by atoms with Gasteiger partial charge < -0.3 is 20.3 Å². The Morgan fingerprint density at radius 1 is 1.18 bits per heavy atom. The van der Waals surface area contributed by atoms with Crippen LogP contribution in [-0.4, -0.2) is 38.6 Å². The molecule has 3 N–H and O–H groups in total. The van der Waals surface area contributed by atoms with E-state index in [0.29, 0.717) is 26.2 Å². The van der Waals surface area contributed by atoms with Crippen molar-refractivity contribution in [1.29, 1.82) is 0 Å². The molecule has 0 radical (unpaired) electrons. The van der Waals surface area contributed by atoms with Gasteiger partial charge in [-0.25, -0.2) is 0 Å². The number of hydrogen-bond acceptors (Lipinski definition) is 4. The van der Waals surface area contributed by atoms with E-state index in [4.69, 9.17) is 15.2 Å². The van der Waals surface area contributed by atoms with Gasteiger partial charge >= 0.3 is 0 Å². The van der Waals surface area contributed by atoms with E-state index in [-0.39, 0.29) is 6.61 Å². The maximum Gasteiger partial charge on any atom is 0.0700 e. The minimum absolute atomic E-state index is 0.0926. The van der Waals surface area contributed by atoms with Crippen LogP contribution in [0.1, 0.15) is 12.0 Å². The van der Waals surface area contributed by atoms with Crippen molar-refractivity contribution < 1.29 is 14.6 Å². The smallest absolute Gasteiger partial charge is 0.0700 e. The Labute approximate surface area is 102 Å². The summed E-state index contributed by atoms with van der Waals surface area (Å²) in [4.78, 5) is 0. The second-order valence-corrected chi connectivity index (χ2v) is 4.04. The average molecular weight is 239 g/mol. The Morgan fingerprint density at radius 3 is 2.47 bits per heavy atom. The number of benzene rings is 1. The van der Waals surface area contributed by atoms with Crippen LogP contribution < -0.4 is 5.73 Å². The molecule has 0 saturated carbocycles. The summed E-state index contributed by atoms with van der Waals surface area (Å²) in [5.74, 6) is 0. The number of ether oxygens (including phenoxy) is 2. The summed E-state index contributed by atoms with van der Waals surface area (Å²) >= 11 is 0. The van der Waals surface area contributed by atoms with Crippen LogP contribution in [0.15, 0.2) is 30.3 Å². The van der Waals surface area contributed by atoms with Gasteiger partial charge in [0, 0.05) is 13.7 Å². The normalized spacial score (nSPS) is 14.5. The molecule has 0 heterocycles. The van der Waals surface area contributed by atoms with Gasteiger partial charge in [0.15, 0.2) is 0 Å². The second kappa shape index (κ2) is 7.40. The number of rotatable bonds is 8. The van der Waals surface area contributed by atoms with Crippen molar-refractivity contribution in [3.8, 4) is 0 Å². The molecular weight excluding hydrogens is 218 g/mol. The van der Waals surface area contributed by atoms with Gasteiger partial charge in [-0.15, -0.1) is 0 Å². The fourth-order valence-electron chi connectivity index (χ4n) is 1.58. The van der Waals surface area contributed by atoms with Crippen molar-refractivity contribution in [3.63, 3.8) is 0 Å². The molecule has 96 valence electrons. The predicted molar refractivity (Wildman–Crippen MR) is 66.7 cm³/mol. The quantitative estimate of drug-likeness (QED) is 0.661. The standard InChI is InChI=1S/C13H21NO3/c1-16-9-10-17-8-7-13(14,11-15)12-5-3-2-4-6-12/h2-6,15H,7-11,14H2,1H3. The fourth-order valence-corrected chi connectivity index (χ4v) is 1.58. The highest BCUT2D eigenvalue weighted by atomic mass is 16.5. The molecule has 1 rings (SSSR count). The number of methoxy groups -OCH3 is 1. The summed E-state index contributed by atoms with van der Waals surface area (Å²) in [6.07, 6.45) is 0.581. The highest BCUT2D eigenvalue weighted by molar-refractivity contribution is 5.23. The Hall–Kier alpha value is -0.940. The van der Waals surface area contributed by atoms with Crippen LogP contribution in [0.5, 0.6) is 0 Å². The molecule has 1 aromatic carbocycles. The first-order chi connectivity index (χ1) is 8.23. The van der Waals surface area contributed by atoms with Crippen molar-refractivity contribution in [2.75, 3.05) is 33.5 Å². The lowest BCUT2D eigenvalue weighted by molar-refractivity contribution is 0.0535. The Kier molecular flexibility index (Phi) is 6.15. The number of aliphatic hydroxyl groups is 1. The summed E-state index contributed by atoms with van der Waals surface area (Å²) in [6.45, 7) is 1.54. The van der Waals surface area contributed by atoms with Gasteiger partial charge in [0.1, 0.15) is 0 Å². The van der Waals surface area contributed by atoms with Crippen LogP contribution in [0.25, 0.3) is 0 Å². The minimum Gasteiger partial charge on any atom is -0.394 e. The monoisotopic (exact) mass is 239 g/mol. The molecule has 0 aliphatic heterocycles. The molecule has 0 aromatic heterocycles. The molecule has 0 aliphatic rings. The van der Waals surface area contributed by atoms with Gasteiger partial charge in [-0.3, -0.25) is 0 Å². The molecule has 0 aliphatic carbocycles. The predicted octanol–water partition coefficient (Wildman–Crippen LogP) is 0.886. The zero-order valence-corrected chi connectivity index (χ0v) is 10.3. The second-order valence-electron chi connectivity index (χ2n) is 4.04. The van der Waals surface area contributed by atoms with Gasteiger partial charge in [0.05, 0.1) is 25.4 Å². The molecular formula is C13H21NO3. The lowest BCUT2D eigenvalue weighted by atomic mass is 9.89. The molecule has 1 aromatic rings. The summed E-state index contributed by atoms with van der Waals surface area (Å²) < 4.78 is 10.3. The van der Waals surface area contributed by atoms with Gasteiger partial charge in [-0.2, -0.15) is 0 Å². The van der Waals surface area contributed by atoms with Gasteiger partial charge in [0.25, 0.3) is 0 Å². The first kappa shape index (κ1) is 14.1. The Bertz CT molecular complexity index is 305. The van der Waals surface area contributed by atoms with E-state index in [2.05, 4.69) is 0 Å². The Morgan fingerprint density at radius 2 is 1.88 bits per heavy atom. The zero-order chi connectivity index (χ0) is 12.6. The fraction of sp³-hybridized carbons (Fsp3) is 0.538. The summed E-state index contributed by atoms with van der Waals surface area (Å²) in [6, 6.07) is 9.60. The summed E-state index contributed by atoms with van der Waals surface area (Å²) in [5.41, 5.74) is 6.37. The maximum atomic E-state index is 9.44. The molecule has 1 atom stereocenters. The van der Waals surface area contributed by atoms with Crippen LogP contribution >= 0.6 is 0 Å². The van der Waals surface area contributed by atoms with E-state index in [9.17, 15) is 5.11 Å². The van der Waals surface area contributed by atoms with Gasteiger partial charge in [-0.1, -0.05) is 30.3 Å². The van der Waals surface area contributed by atoms with E-state index in [1.54, 1.807) is 7.11 Å². The highest BCUT2D eigenvalue weighted by Crippen LogP contribution is 2.21. The number of aliphatic hydroxyl groups excluding tert-OH is 1. The molecule has 1 unspecified atom stereocenters. The SMILES string of the molecule is COCCOCCC(N)(CO)c1ccccc1. The van der Waals surface area contributed by atoms with Crippen LogP contribution in [0.3, 0.4) is 0 Å². The summed E-state index contributed by atoms with van der Waals surface area (Å²) in [7, 11) is 1.63. The number of hydrogen-bond donors (Lipinski definition) is 2. The van der Waals surface area contributed by atoms with E-state index < -0.39 is 5.54 Å². The van der Waals surface area contributed by atoms with Crippen LogP contribution in [0, 0.1) is 0 Å². The van der Waals surface area contributed by atoms with Crippen molar-refractivity contribution in [2.24, 2.45) is 5.73 Å². The van der Waals surface area contributed by atoms with Crippen molar-refractivity contribution in [3.05, 3.63) is 35.9 Å². The molecule has 0 amide bonds. The van der Waals surface area contributed by atoms with Gasteiger partial charge in [-0.05, 0) is 12.0 Å². The topological polar surface area (TPSA) is 64.7 Å². The molecule has 17 heavy (non-hydrogen) atoms. The van der Waals surface area contributed by atoms with E-state index in [1.807, 2.05) is 30.3 Å². The molecule has 0 fully saturated rings. The number of nitrogens with two attached hydrogens (primary N) is 1. The van der Waals surface area contributed by atoms with E-state index in [0.717, 1.165) is 5.56 Å². The zero-order valence-electron chi connectivity index (χ0n) is 10.3. The third kappa shape index (κ3) is 4.44. The first-order valence-corrected chi connectivity index (χ1v) is 5.75.